The summed E-state index contributed by atoms with van der Waals surface area (Å²) in [6.45, 7) is 0.0842. The van der Waals surface area contributed by atoms with Crippen molar-refractivity contribution in [3.8, 4) is 29.0 Å². The molecule has 0 spiro atoms. The Kier molecular flexibility index (Phi) is 4.20. The molecule has 2 aromatic carbocycles. The first kappa shape index (κ1) is 14.6. The summed E-state index contributed by atoms with van der Waals surface area (Å²) in [4.78, 5) is 4.29. The van der Waals surface area contributed by atoms with Crippen molar-refractivity contribution >= 4 is 0 Å². The van der Waals surface area contributed by atoms with E-state index in [0.29, 0.717) is 28.8 Å². The average molecular weight is 307 g/mol. The lowest BCUT2D eigenvalue weighted by Crippen LogP contribution is -1.97. The molecule has 3 aromatic rings. The van der Waals surface area contributed by atoms with E-state index in [0.717, 1.165) is 5.56 Å². The minimum Gasteiger partial charge on any atom is -0.496 e. The quantitative estimate of drug-likeness (QED) is 0.720. The molecule has 0 saturated carbocycles. The number of nitrogens with zero attached hydrogens (tertiary/aromatic N) is 3. The SMILES string of the molecule is COc1ccccc1-c1noc(COc2ccccc2C#N)n1. The van der Waals surface area contributed by atoms with Crippen molar-refractivity contribution in [3.05, 3.63) is 60.0 Å². The van der Waals surface area contributed by atoms with Gasteiger partial charge >= 0.3 is 0 Å². The van der Waals surface area contributed by atoms with Gasteiger partial charge in [-0.15, -0.1) is 0 Å². The summed E-state index contributed by atoms with van der Waals surface area (Å²) >= 11 is 0. The molecule has 114 valence electrons. The number of benzene rings is 2. The second-order valence-corrected chi connectivity index (χ2v) is 4.61. The minimum atomic E-state index is 0.0842. The van der Waals surface area contributed by atoms with Crippen LogP contribution in [0.3, 0.4) is 0 Å². The van der Waals surface area contributed by atoms with E-state index in [1.165, 1.54) is 0 Å². The average Bonchev–Trinajstić information content (AvgIpc) is 3.09. The molecule has 3 rings (SSSR count). The van der Waals surface area contributed by atoms with Gasteiger partial charge in [0.05, 0.1) is 18.2 Å². The van der Waals surface area contributed by atoms with Gasteiger partial charge in [-0.2, -0.15) is 10.2 Å². The van der Waals surface area contributed by atoms with Crippen molar-refractivity contribution in [3.63, 3.8) is 0 Å². The fourth-order valence-corrected chi connectivity index (χ4v) is 2.08. The molecule has 0 amide bonds. The first-order valence-corrected chi connectivity index (χ1v) is 6.89. The summed E-state index contributed by atoms with van der Waals surface area (Å²) in [6.07, 6.45) is 0. The van der Waals surface area contributed by atoms with Crippen LogP contribution in [0.25, 0.3) is 11.4 Å². The molecule has 0 aliphatic heterocycles. The number of aromatic nitrogens is 2. The number of para-hydroxylation sites is 2. The van der Waals surface area contributed by atoms with Crippen LogP contribution in [-0.4, -0.2) is 17.3 Å². The van der Waals surface area contributed by atoms with Crippen molar-refractivity contribution in [1.82, 2.24) is 10.1 Å². The van der Waals surface area contributed by atoms with Crippen LogP contribution in [0.15, 0.2) is 53.1 Å². The number of rotatable bonds is 5. The van der Waals surface area contributed by atoms with Gasteiger partial charge in [-0.05, 0) is 24.3 Å². The molecule has 0 unspecified atom stereocenters. The number of ether oxygens (including phenoxy) is 2. The molecule has 0 radical (unpaired) electrons. The van der Waals surface area contributed by atoms with E-state index in [1.54, 1.807) is 31.4 Å². The lowest BCUT2D eigenvalue weighted by Gasteiger charge is -2.04. The Labute approximate surface area is 132 Å². The molecular weight excluding hydrogens is 294 g/mol. The maximum absolute atomic E-state index is 9.03. The number of nitriles is 1. The van der Waals surface area contributed by atoms with Crippen LogP contribution in [0.2, 0.25) is 0 Å². The first-order chi connectivity index (χ1) is 11.3. The van der Waals surface area contributed by atoms with Crippen LogP contribution in [0.5, 0.6) is 11.5 Å². The zero-order valence-electron chi connectivity index (χ0n) is 12.4. The Morgan fingerprint density at radius 1 is 1.09 bits per heavy atom. The summed E-state index contributed by atoms with van der Waals surface area (Å²) in [7, 11) is 1.59. The van der Waals surface area contributed by atoms with E-state index in [9.17, 15) is 0 Å². The van der Waals surface area contributed by atoms with Gasteiger partial charge in [0.15, 0.2) is 6.61 Å². The number of hydrogen-bond donors (Lipinski definition) is 0. The van der Waals surface area contributed by atoms with Crippen LogP contribution < -0.4 is 9.47 Å². The fourth-order valence-electron chi connectivity index (χ4n) is 2.08. The molecule has 0 atom stereocenters. The van der Waals surface area contributed by atoms with E-state index >= 15 is 0 Å². The fraction of sp³-hybridized carbons (Fsp3) is 0.118. The van der Waals surface area contributed by atoms with Crippen LogP contribution in [0.4, 0.5) is 0 Å². The third-order valence-electron chi connectivity index (χ3n) is 3.17. The summed E-state index contributed by atoms with van der Waals surface area (Å²) in [5.74, 6) is 1.89. The lowest BCUT2D eigenvalue weighted by molar-refractivity contribution is 0.242. The summed E-state index contributed by atoms with van der Waals surface area (Å²) in [5.41, 5.74) is 1.19. The van der Waals surface area contributed by atoms with Crippen molar-refractivity contribution < 1.29 is 14.0 Å². The molecule has 0 bridgehead atoms. The predicted molar refractivity (Wildman–Crippen MR) is 81.8 cm³/mol. The van der Waals surface area contributed by atoms with Gasteiger partial charge in [0.25, 0.3) is 5.89 Å². The molecule has 0 N–H and O–H groups in total. The molecule has 0 aliphatic carbocycles. The topological polar surface area (TPSA) is 81.2 Å². The third-order valence-corrected chi connectivity index (χ3v) is 3.17. The standard InChI is InChI=1S/C17H13N3O3/c1-21-15-9-5-3-7-13(15)17-19-16(23-20-17)11-22-14-8-4-2-6-12(14)10-18/h2-9H,11H2,1H3. The van der Waals surface area contributed by atoms with Crippen molar-refractivity contribution in [2.75, 3.05) is 7.11 Å². The van der Waals surface area contributed by atoms with E-state index in [-0.39, 0.29) is 6.61 Å². The molecular formula is C17H13N3O3. The monoisotopic (exact) mass is 307 g/mol. The normalized spacial score (nSPS) is 10.1. The highest BCUT2D eigenvalue weighted by atomic mass is 16.5. The Hall–Kier alpha value is -3.33. The van der Waals surface area contributed by atoms with Gasteiger partial charge in [0, 0.05) is 0 Å². The number of methoxy groups -OCH3 is 1. The largest absolute Gasteiger partial charge is 0.496 e. The van der Waals surface area contributed by atoms with E-state index in [1.807, 2.05) is 24.3 Å². The van der Waals surface area contributed by atoms with Crippen LogP contribution in [-0.2, 0) is 6.61 Å². The Bertz CT molecular complexity index is 852. The van der Waals surface area contributed by atoms with Crippen LogP contribution in [0, 0.1) is 11.3 Å². The van der Waals surface area contributed by atoms with Crippen molar-refractivity contribution in [2.24, 2.45) is 0 Å². The van der Waals surface area contributed by atoms with Gasteiger partial charge in [-0.25, -0.2) is 0 Å². The van der Waals surface area contributed by atoms with E-state index < -0.39 is 0 Å². The zero-order chi connectivity index (χ0) is 16.1. The Morgan fingerprint density at radius 3 is 2.61 bits per heavy atom. The predicted octanol–water partition coefficient (Wildman–Crippen LogP) is 3.20. The van der Waals surface area contributed by atoms with Crippen molar-refractivity contribution in [1.29, 1.82) is 5.26 Å². The highest BCUT2D eigenvalue weighted by Crippen LogP contribution is 2.27. The molecule has 0 aliphatic rings. The van der Waals surface area contributed by atoms with Gasteiger partial charge in [-0.3, -0.25) is 0 Å². The van der Waals surface area contributed by atoms with Gasteiger partial charge in [-0.1, -0.05) is 29.4 Å². The van der Waals surface area contributed by atoms with Gasteiger partial charge in [0.2, 0.25) is 5.82 Å². The number of hydrogen-bond acceptors (Lipinski definition) is 6. The summed E-state index contributed by atoms with van der Waals surface area (Å²) in [6, 6.07) is 16.4. The van der Waals surface area contributed by atoms with Crippen LogP contribution >= 0.6 is 0 Å². The third kappa shape index (κ3) is 3.14. The van der Waals surface area contributed by atoms with Gasteiger partial charge < -0.3 is 14.0 Å². The van der Waals surface area contributed by atoms with E-state index in [2.05, 4.69) is 16.2 Å². The molecule has 0 saturated heterocycles. The Morgan fingerprint density at radius 2 is 1.83 bits per heavy atom. The lowest BCUT2D eigenvalue weighted by atomic mass is 10.2. The second-order valence-electron chi connectivity index (χ2n) is 4.61. The van der Waals surface area contributed by atoms with Gasteiger partial charge in [0.1, 0.15) is 17.6 Å². The molecule has 6 nitrogen and oxygen atoms in total. The highest BCUT2D eigenvalue weighted by Gasteiger charge is 2.13. The molecule has 6 heteroatoms. The minimum absolute atomic E-state index is 0.0842. The molecule has 1 heterocycles. The molecule has 1 aromatic heterocycles. The maximum atomic E-state index is 9.03. The van der Waals surface area contributed by atoms with E-state index in [4.69, 9.17) is 19.3 Å². The van der Waals surface area contributed by atoms with Crippen molar-refractivity contribution in [2.45, 2.75) is 6.61 Å². The van der Waals surface area contributed by atoms with Crippen LogP contribution in [0.1, 0.15) is 11.5 Å². The molecule has 23 heavy (non-hydrogen) atoms. The smallest absolute Gasteiger partial charge is 0.264 e. The Balaban J connectivity index is 1.77. The highest BCUT2D eigenvalue weighted by molar-refractivity contribution is 5.63. The summed E-state index contributed by atoms with van der Waals surface area (Å²) in [5, 5.41) is 13.0. The first-order valence-electron chi connectivity index (χ1n) is 6.89. The summed E-state index contributed by atoms with van der Waals surface area (Å²) < 4.78 is 16.0. The maximum Gasteiger partial charge on any atom is 0.264 e. The zero-order valence-corrected chi connectivity index (χ0v) is 12.4. The second kappa shape index (κ2) is 6.62. The molecule has 0 fully saturated rings.